The summed E-state index contributed by atoms with van der Waals surface area (Å²) in [6.45, 7) is 0.0458. The van der Waals surface area contributed by atoms with Crippen LogP contribution in [0, 0.1) is 11.7 Å². The number of ether oxygens (including phenoxy) is 2. The van der Waals surface area contributed by atoms with E-state index in [1.807, 2.05) is 12.1 Å². The number of rotatable bonds is 6. The molecule has 1 aromatic heterocycles. The van der Waals surface area contributed by atoms with Crippen molar-refractivity contribution in [3.63, 3.8) is 0 Å². The van der Waals surface area contributed by atoms with Crippen LogP contribution < -0.4 is 4.74 Å². The van der Waals surface area contributed by atoms with Gasteiger partial charge in [-0.05, 0) is 42.5 Å². The van der Waals surface area contributed by atoms with Crippen LogP contribution in [0.2, 0.25) is 5.02 Å². The van der Waals surface area contributed by atoms with Gasteiger partial charge in [-0.1, -0.05) is 23.7 Å². The highest BCUT2D eigenvalue weighted by atomic mass is 35.5. The number of piperidine rings is 1. The number of alkyl halides is 3. The molecule has 2 atom stereocenters. The second-order valence-electron chi connectivity index (χ2n) is 7.72. The van der Waals surface area contributed by atoms with Crippen LogP contribution in [0.4, 0.5) is 17.6 Å². The number of amides is 1. The van der Waals surface area contributed by atoms with Crippen molar-refractivity contribution in [3.8, 4) is 5.88 Å². The Morgan fingerprint density at radius 1 is 1.26 bits per heavy atom. The van der Waals surface area contributed by atoms with Crippen molar-refractivity contribution in [2.45, 2.75) is 24.6 Å². The van der Waals surface area contributed by atoms with Crippen LogP contribution in [0.15, 0.2) is 36.5 Å². The highest BCUT2D eigenvalue weighted by Crippen LogP contribution is 2.59. The molecule has 4 rings (SSSR count). The van der Waals surface area contributed by atoms with E-state index in [2.05, 4.69) is 9.72 Å². The Labute approximate surface area is 180 Å². The molecule has 5 nitrogen and oxygen atoms in total. The Morgan fingerprint density at radius 3 is 2.65 bits per heavy atom. The van der Waals surface area contributed by atoms with Crippen LogP contribution in [-0.4, -0.2) is 48.5 Å². The topological polar surface area (TPSA) is 51.7 Å². The van der Waals surface area contributed by atoms with Crippen molar-refractivity contribution in [2.75, 3.05) is 26.3 Å². The van der Waals surface area contributed by atoms with Gasteiger partial charge in [0.15, 0.2) is 0 Å². The number of fused-ring (bicyclic) bond motifs is 1. The van der Waals surface area contributed by atoms with Crippen molar-refractivity contribution in [3.05, 3.63) is 58.5 Å². The van der Waals surface area contributed by atoms with Gasteiger partial charge in [-0.25, -0.2) is 9.37 Å². The molecule has 0 spiro atoms. The normalized spacial score (nSPS) is 22.7. The van der Waals surface area contributed by atoms with Crippen LogP contribution in [0.1, 0.15) is 28.8 Å². The van der Waals surface area contributed by atoms with Crippen LogP contribution in [0.3, 0.4) is 0 Å². The number of hydrogen-bond donors (Lipinski definition) is 0. The Balaban J connectivity index is 1.34. The molecule has 1 aromatic carbocycles. The van der Waals surface area contributed by atoms with Gasteiger partial charge in [-0.15, -0.1) is 13.2 Å². The molecule has 1 aliphatic heterocycles. The number of halogens is 5. The highest BCUT2D eigenvalue weighted by Gasteiger charge is 2.57. The first-order valence-corrected chi connectivity index (χ1v) is 10.1. The fraction of sp³-hybridized carbons (Fsp3) is 0.429. The second-order valence-corrected chi connectivity index (χ2v) is 8.13. The molecule has 31 heavy (non-hydrogen) atoms. The quantitative estimate of drug-likeness (QED) is 0.469. The van der Waals surface area contributed by atoms with E-state index in [1.54, 1.807) is 4.90 Å². The first kappa shape index (κ1) is 21.8. The molecular weight excluding hydrogens is 440 g/mol. The molecule has 1 saturated heterocycles. The Bertz CT molecular complexity index is 970. The predicted molar refractivity (Wildman–Crippen MR) is 103 cm³/mol. The molecule has 2 aliphatic rings. The van der Waals surface area contributed by atoms with Gasteiger partial charge in [-0.2, -0.15) is 0 Å². The molecule has 1 amide bonds. The first-order valence-electron chi connectivity index (χ1n) is 9.72. The monoisotopic (exact) mass is 458 g/mol. The number of pyridine rings is 1. The fourth-order valence-electron chi connectivity index (χ4n) is 4.21. The number of carbonyl (C=O) groups excluding carboxylic acids is 1. The van der Waals surface area contributed by atoms with Crippen molar-refractivity contribution >= 4 is 17.5 Å². The average Bonchev–Trinajstić information content (AvgIpc) is 3.46. The highest BCUT2D eigenvalue weighted by molar-refractivity contribution is 6.32. The molecule has 2 unspecified atom stereocenters. The minimum absolute atomic E-state index is 0.0105. The largest absolute Gasteiger partial charge is 0.522 e. The van der Waals surface area contributed by atoms with Crippen LogP contribution in [0.5, 0.6) is 5.88 Å². The Hall–Kier alpha value is -2.39. The smallest absolute Gasteiger partial charge is 0.474 e. The van der Waals surface area contributed by atoms with Gasteiger partial charge in [-0.3, -0.25) is 9.53 Å². The van der Waals surface area contributed by atoms with E-state index in [1.165, 1.54) is 24.4 Å². The summed E-state index contributed by atoms with van der Waals surface area (Å²) in [6.07, 6.45) is -1.70. The molecule has 1 saturated carbocycles. The zero-order valence-corrected chi connectivity index (χ0v) is 17.0. The molecule has 2 fully saturated rings. The summed E-state index contributed by atoms with van der Waals surface area (Å²) >= 11 is 6.08. The second kappa shape index (κ2) is 8.27. The lowest BCUT2D eigenvalue weighted by atomic mass is 9.87. The van der Waals surface area contributed by atoms with E-state index in [0.717, 1.165) is 18.4 Å². The molecule has 10 heteroatoms. The van der Waals surface area contributed by atoms with E-state index in [9.17, 15) is 22.4 Å². The van der Waals surface area contributed by atoms with Crippen molar-refractivity contribution in [2.24, 2.45) is 5.92 Å². The maximum absolute atomic E-state index is 13.2. The van der Waals surface area contributed by atoms with Crippen molar-refractivity contribution in [1.82, 2.24) is 9.88 Å². The maximum atomic E-state index is 13.2. The van der Waals surface area contributed by atoms with Gasteiger partial charge in [0.2, 0.25) is 5.88 Å². The third-order valence-electron chi connectivity index (χ3n) is 5.85. The van der Waals surface area contributed by atoms with Crippen LogP contribution in [-0.2, 0) is 10.2 Å². The molecule has 0 radical (unpaired) electrons. The Kier molecular flexibility index (Phi) is 5.83. The molecule has 166 valence electrons. The first-order chi connectivity index (χ1) is 14.7. The van der Waals surface area contributed by atoms with Crippen molar-refractivity contribution in [1.29, 1.82) is 0 Å². The van der Waals surface area contributed by atoms with Gasteiger partial charge in [0, 0.05) is 24.7 Å². The molecule has 2 aromatic rings. The third-order valence-corrected chi connectivity index (χ3v) is 6.12. The predicted octanol–water partition coefficient (Wildman–Crippen LogP) is 4.59. The van der Waals surface area contributed by atoms with E-state index >= 15 is 0 Å². The molecular formula is C21H19ClF4N2O3. The average molecular weight is 459 g/mol. The minimum Gasteiger partial charge on any atom is -0.474 e. The molecule has 0 bridgehead atoms. The summed E-state index contributed by atoms with van der Waals surface area (Å²) in [7, 11) is 0. The van der Waals surface area contributed by atoms with Gasteiger partial charge < -0.3 is 9.64 Å². The standard InChI is InChI=1S/C21H19ClF4N2O3/c22-17-9-13(11-27-18(17)30-7-8-31-21(24,25)26)19(29)28-6-5-20(10-15(20)12-28)14-1-3-16(23)4-2-14/h1-4,9,11,15H,5-8,10,12H2. The summed E-state index contributed by atoms with van der Waals surface area (Å²) in [5, 5.41) is 0.0296. The SMILES string of the molecule is O=C(c1cnc(OCCOC(F)(F)F)c(Cl)c1)N1CCC2(c3ccc(F)cc3)CC2C1. The zero-order valence-electron chi connectivity index (χ0n) is 16.3. The lowest BCUT2D eigenvalue weighted by Crippen LogP contribution is -2.40. The summed E-state index contributed by atoms with van der Waals surface area (Å²) in [5.74, 6) is -0.244. The number of aromatic nitrogens is 1. The van der Waals surface area contributed by atoms with E-state index in [4.69, 9.17) is 16.3 Å². The number of hydrogen-bond acceptors (Lipinski definition) is 4. The number of carbonyl (C=O) groups is 1. The molecule has 1 aliphatic carbocycles. The van der Waals surface area contributed by atoms with E-state index in [-0.39, 0.29) is 33.6 Å². The van der Waals surface area contributed by atoms with Crippen LogP contribution >= 0.6 is 11.6 Å². The van der Waals surface area contributed by atoms with E-state index < -0.39 is 19.6 Å². The van der Waals surface area contributed by atoms with Gasteiger partial charge in [0.25, 0.3) is 5.91 Å². The van der Waals surface area contributed by atoms with E-state index in [0.29, 0.717) is 19.0 Å². The van der Waals surface area contributed by atoms with Gasteiger partial charge in [0.1, 0.15) is 17.4 Å². The molecule has 0 N–H and O–H groups in total. The number of benzene rings is 1. The van der Waals surface area contributed by atoms with Gasteiger partial charge in [0.05, 0.1) is 12.2 Å². The number of nitrogens with zero attached hydrogens (tertiary/aromatic N) is 2. The fourth-order valence-corrected chi connectivity index (χ4v) is 4.43. The Morgan fingerprint density at radius 2 is 2.00 bits per heavy atom. The maximum Gasteiger partial charge on any atom is 0.522 e. The lowest BCUT2D eigenvalue weighted by molar-refractivity contribution is -0.325. The van der Waals surface area contributed by atoms with Gasteiger partial charge >= 0.3 is 6.36 Å². The summed E-state index contributed by atoms with van der Waals surface area (Å²) in [4.78, 5) is 18.6. The molecule has 2 heterocycles. The lowest BCUT2D eigenvalue weighted by Gasteiger charge is -2.32. The third kappa shape index (κ3) is 4.77. The van der Waals surface area contributed by atoms with Crippen molar-refractivity contribution < 1.29 is 31.8 Å². The minimum atomic E-state index is -4.73. The summed E-state index contributed by atoms with van der Waals surface area (Å²) in [5.41, 5.74) is 1.39. The summed E-state index contributed by atoms with van der Waals surface area (Å²) in [6, 6.07) is 7.95. The zero-order chi connectivity index (χ0) is 22.2. The number of likely N-dealkylation sites (tertiary alicyclic amines) is 1. The van der Waals surface area contributed by atoms with Crippen LogP contribution in [0.25, 0.3) is 0 Å². The summed E-state index contributed by atoms with van der Waals surface area (Å²) < 4.78 is 57.8.